The summed E-state index contributed by atoms with van der Waals surface area (Å²) in [5.41, 5.74) is 0. The molecule has 6 heteroatoms. The van der Waals surface area contributed by atoms with E-state index in [0.29, 0.717) is 19.4 Å². The lowest BCUT2D eigenvalue weighted by Gasteiger charge is -2.53. The van der Waals surface area contributed by atoms with E-state index in [4.69, 9.17) is 4.74 Å². The average Bonchev–Trinajstić information content (AvgIpc) is 2.28. The third-order valence-corrected chi connectivity index (χ3v) is 3.63. The van der Waals surface area contributed by atoms with Gasteiger partial charge in [-0.1, -0.05) is 13.3 Å². The lowest BCUT2D eigenvalue weighted by molar-refractivity contribution is -0.195. The molecule has 2 unspecified atom stereocenters. The van der Waals surface area contributed by atoms with Crippen LogP contribution in [-0.2, 0) is 9.47 Å². The Morgan fingerprint density at radius 1 is 1.33 bits per heavy atom. The zero-order valence-corrected chi connectivity index (χ0v) is 10.5. The molecular weight excluding hydrogens is 244 g/mol. The molecule has 1 saturated carbocycles. The number of piperidine rings is 1. The van der Waals surface area contributed by atoms with E-state index in [-0.39, 0.29) is 18.2 Å². The van der Waals surface area contributed by atoms with E-state index < -0.39 is 12.7 Å². The molecule has 0 aromatic rings. The largest absolute Gasteiger partial charge is 0.449 e. The van der Waals surface area contributed by atoms with E-state index in [1.54, 1.807) is 4.90 Å². The summed E-state index contributed by atoms with van der Waals surface area (Å²) in [4.78, 5) is 13.4. The molecule has 1 aliphatic carbocycles. The minimum Gasteiger partial charge on any atom is -0.449 e. The Kier molecular flexibility index (Phi) is 4.37. The molecule has 0 aromatic carbocycles. The highest BCUT2D eigenvalue weighted by Gasteiger charge is 2.49. The quantitative estimate of drug-likeness (QED) is 0.716. The van der Waals surface area contributed by atoms with E-state index in [2.05, 4.69) is 4.74 Å². The van der Waals surface area contributed by atoms with Crippen LogP contribution in [0.5, 0.6) is 0 Å². The Morgan fingerprint density at radius 3 is 2.56 bits per heavy atom. The molecule has 3 rings (SSSR count). The van der Waals surface area contributed by atoms with E-state index >= 15 is 0 Å². The monoisotopic (exact) mass is 263 g/mol. The van der Waals surface area contributed by atoms with Gasteiger partial charge in [-0.15, -0.1) is 0 Å². The van der Waals surface area contributed by atoms with Crippen LogP contribution in [0.2, 0.25) is 0 Å². The smallest absolute Gasteiger partial charge is 0.410 e. The summed E-state index contributed by atoms with van der Waals surface area (Å²) in [5, 5.41) is 0. The highest BCUT2D eigenvalue weighted by Crippen LogP contribution is 2.40. The predicted octanol–water partition coefficient (Wildman–Crippen LogP) is 2.77. The van der Waals surface area contributed by atoms with Crippen LogP contribution in [0.25, 0.3) is 0 Å². The topological polar surface area (TPSA) is 38.8 Å². The highest BCUT2D eigenvalue weighted by atomic mass is 19.3. The van der Waals surface area contributed by atoms with E-state index in [0.717, 1.165) is 19.3 Å². The summed E-state index contributed by atoms with van der Waals surface area (Å²) in [5.74, 6) is 0. The van der Waals surface area contributed by atoms with Crippen molar-refractivity contribution in [3.63, 3.8) is 0 Å². The fraction of sp³-hybridized carbons (Fsp3) is 0.917. The summed E-state index contributed by atoms with van der Waals surface area (Å²) < 4.78 is 33.8. The van der Waals surface area contributed by atoms with Gasteiger partial charge in [0.1, 0.15) is 0 Å². The standard InChI is InChI=1S/C12H19F2NO3/c1-2-3-4-17-12(16)15-8-5-9(15)7-10(6-8)18-11(13)14/h8-11H,2-7H2,1H3. The Hall–Kier alpha value is -0.910. The number of carbonyl (C=O) groups excluding carboxylic acids is 1. The van der Waals surface area contributed by atoms with Crippen LogP contribution in [-0.4, -0.2) is 42.4 Å². The van der Waals surface area contributed by atoms with Crippen molar-refractivity contribution in [2.24, 2.45) is 0 Å². The molecule has 3 fully saturated rings. The molecule has 1 amide bonds. The molecule has 4 nitrogen and oxygen atoms in total. The van der Waals surface area contributed by atoms with Crippen molar-refractivity contribution in [3.8, 4) is 0 Å². The maximum Gasteiger partial charge on any atom is 0.410 e. The summed E-state index contributed by atoms with van der Waals surface area (Å²) in [6.07, 6.45) is 2.96. The van der Waals surface area contributed by atoms with Gasteiger partial charge in [0, 0.05) is 12.1 Å². The SMILES string of the molecule is CCCCOC(=O)N1C2CC(OC(F)F)CC1C2. The number of rotatable bonds is 5. The Labute approximate surface area is 105 Å². The maximum atomic E-state index is 12.1. The molecule has 0 spiro atoms. The first-order valence-corrected chi connectivity index (χ1v) is 6.50. The van der Waals surface area contributed by atoms with E-state index in [1.807, 2.05) is 6.92 Å². The Bertz CT molecular complexity index is 289. The van der Waals surface area contributed by atoms with Crippen LogP contribution in [0, 0.1) is 0 Å². The van der Waals surface area contributed by atoms with Crippen molar-refractivity contribution < 1.29 is 23.0 Å². The first-order valence-electron chi connectivity index (χ1n) is 6.50. The molecule has 2 bridgehead atoms. The number of nitrogens with zero attached hydrogens (tertiary/aromatic N) is 1. The van der Waals surface area contributed by atoms with Crippen LogP contribution in [0.3, 0.4) is 0 Å². The minimum atomic E-state index is -2.72. The zero-order chi connectivity index (χ0) is 13.1. The van der Waals surface area contributed by atoms with Crippen molar-refractivity contribution in [2.45, 2.75) is 63.8 Å². The lowest BCUT2D eigenvalue weighted by Crippen LogP contribution is -2.64. The minimum absolute atomic E-state index is 0.0154. The van der Waals surface area contributed by atoms with Crippen molar-refractivity contribution in [1.29, 1.82) is 0 Å². The maximum absolute atomic E-state index is 12.1. The van der Waals surface area contributed by atoms with Gasteiger partial charge >= 0.3 is 12.7 Å². The van der Waals surface area contributed by atoms with Crippen molar-refractivity contribution >= 4 is 6.09 Å². The summed E-state index contributed by atoms with van der Waals surface area (Å²) >= 11 is 0. The van der Waals surface area contributed by atoms with Crippen LogP contribution < -0.4 is 0 Å². The van der Waals surface area contributed by atoms with Gasteiger partial charge in [-0.05, 0) is 25.7 Å². The van der Waals surface area contributed by atoms with Gasteiger partial charge in [-0.3, -0.25) is 0 Å². The third kappa shape index (κ3) is 2.91. The first kappa shape index (κ1) is 13.5. The van der Waals surface area contributed by atoms with Gasteiger partial charge < -0.3 is 14.4 Å². The molecule has 104 valence electrons. The number of alkyl halides is 2. The van der Waals surface area contributed by atoms with Crippen LogP contribution in [0.1, 0.15) is 39.0 Å². The fourth-order valence-corrected chi connectivity index (χ4v) is 2.76. The van der Waals surface area contributed by atoms with Gasteiger partial charge in [-0.25, -0.2) is 4.79 Å². The van der Waals surface area contributed by atoms with Gasteiger partial charge in [0.05, 0.1) is 12.7 Å². The second-order valence-corrected chi connectivity index (χ2v) is 4.91. The third-order valence-electron chi connectivity index (χ3n) is 3.63. The number of halogens is 2. The number of carbonyl (C=O) groups is 1. The summed E-state index contributed by atoms with van der Waals surface area (Å²) in [6.45, 7) is -0.266. The van der Waals surface area contributed by atoms with Crippen LogP contribution in [0.15, 0.2) is 0 Å². The molecule has 0 radical (unpaired) electrons. The summed E-state index contributed by atoms with van der Waals surface area (Å²) in [7, 11) is 0. The highest BCUT2D eigenvalue weighted by molar-refractivity contribution is 5.70. The van der Waals surface area contributed by atoms with Crippen molar-refractivity contribution in [2.75, 3.05) is 6.61 Å². The number of ether oxygens (including phenoxy) is 2. The van der Waals surface area contributed by atoms with Crippen LogP contribution >= 0.6 is 0 Å². The van der Waals surface area contributed by atoms with Crippen LogP contribution in [0.4, 0.5) is 13.6 Å². The molecule has 18 heavy (non-hydrogen) atoms. The lowest BCUT2D eigenvalue weighted by atomic mass is 9.78. The molecule has 0 N–H and O–H groups in total. The van der Waals surface area contributed by atoms with Gasteiger partial charge in [0.15, 0.2) is 0 Å². The molecule has 3 aliphatic rings. The first-order chi connectivity index (χ1) is 8.61. The molecule has 2 atom stereocenters. The molecule has 0 aromatic heterocycles. The Morgan fingerprint density at radius 2 is 2.00 bits per heavy atom. The normalized spacial score (nSPS) is 30.2. The zero-order valence-electron chi connectivity index (χ0n) is 10.5. The number of hydrogen-bond donors (Lipinski definition) is 0. The van der Waals surface area contributed by atoms with E-state index in [9.17, 15) is 13.6 Å². The number of fused-ring (bicyclic) bond motifs is 2. The van der Waals surface area contributed by atoms with Crippen molar-refractivity contribution in [1.82, 2.24) is 4.90 Å². The molecule has 2 aliphatic heterocycles. The predicted molar refractivity (Wildman–Crippen MR) is 60.4 cm³/mol. The summed E-state index contributed by atoms with van der Waals surface area (Å²) in [6, 6.07) is 0.0308. The average molecular weight is 263 g/mol. The number of hydrogen-bond acceptors (Lipinski definition) is 3. The van der Waals surface area contributed by atoms with Gasteiger partial charge in [0.25, 0.3) is 0 Å². The van der Waals surface area contributed by atoms with Gasteiger partial charge in [0.2, 0.25) is 0 Å². The Balaban J connectivity index is 1.76. The van der Waals surface area contributed by atoms with Crippen molar-refractivity contribution in [3.05, 3.63) is 0 Å². The van der Waals surface area contributed by atoms with E-state index in [1.165, 1.54) is 0 Å². The molecule has 2 heterocycles. The van der Waals surface area contributed by atoms with Gasteiger partial charge in [-0.2, -0.15) is 8.78 Å². The molecular formula is C12H19F2NO3. The number of amides is 1. The second kappa shape index (κ2) is 5.82. The second-order valence-electron chi connectivity index (χ2n) is 4.91. The molecule has 2 saturated heterocycles. The number of unbranched alkanes of at least 4 members (excludes halogenated alkanes) is 1. The fourth-order valence-electron chi connectivity index (χ4n) is 2.76.